The average Bonchev–Trinajstić information content (AvgIpc) is 3.21. The van der Waals surface area contributed by atoms with Gasteiger partial charge in [-0.15, -0.1) is 0 Å². The molecule has 4 aliphatic rings. The van der Waals surface area contributed by atoms with Crippen molar-refractivity contribution in [2.24, 2.45) is 11.8 Å². The van der Waals surface area contributed by atoms with Crippen LogP contribution in [0.25, 0.3) is 0 Å². The Hall–Kier alpha value is -2.63. The van der Waals surface area contributed by atoms with Crippen LogP contribution in [-0.4, -0.2) is 69.8 Å². The zero-order valence-electron chi connectivity index (χ0n) is 21.2. The maximum Gasteiger partial charge on any atom is 0.411 e. The molecule has 0 aromatic rings. The zero-order chi connectivity index (χ0) is 25.4. The first-order valence-electron chi connectivity index (χ1n) is 13.1. The van der Waals surface area contributed by atoms with Crippen LogP contribution in [0.3, 0.4) is 0 Å². The van der Waals surface area contributed by atoms with Crippen molar-refractivity contribution in [2.45, 2.75) is 108 Å². The van der Waals surface area contributed by atoms with Crippen molar-refractivity contribution in [3.8, 4) is 6.07 Å². The van der Waals surface area contributed by atoms with Gasteiger partial charge in [0.15, 0.2) is 0 Å². The van der Waals surface area contributed by atoms with Gasteiger partial charge < -0.3 is 15.0 Å². The van der Waals surface area contributed by atoms with E-state index in [1.807, 2.05) is 0 Å². The van der Waals surface area contributed by atoms with E-state index in [0.717, 1.165) is 25.7 Å². The normalized spacial score (nSPS) is 28.3. The molecule has 2 saturated heterocycles. The smallest absolute Gasteiger partial charge is 0.411 e. The number of carbonyl (C=O) groups is 4. The highest BCUT2D eigenvalue weighted by atomic mass is 16.6. The van der Waals surface area contributed by atoms with Gasteiger partial charge in [0.1, 0.15) is 29.0 Å². The van der Waals surface area contributed by atoms with Crippen LogP contribution >= 0.6 is 0 Å². The van der Waals surface area contributed by atoms with Crippen molar-refractivity contribution >= 4 is 23.7 Å². The first-order chi connectivity index (χ1) is 16.5. The van der Waals surface area contributed by atoms with Crippen LogP contribution in [0.5, 0.6) is 0 Å². The fourth-order valence-electron chi connectivity index (χ4n) is 5.90. The Balaban J connectivity index is 1.48. The minimum atomic E-state index is -0.963. The molecule has 3 amide bonds. The van der Waals surface area contributed by atoms with Crippen LogP contribution in [0, 0.1) is 23.2 Å². The Morgan fingerprint density at radius 2 is 1.89 bits per heavy atom. The molecule has 9 nitrogen and oxygen atoms in total. The second-order valence-electron chi connectivity index (χ2n) is 11.7. The predicted molar refractivity (Wildman–Crippen MR) is 127 cm³/mol. The SMILES string of the molecule is CC(C)(C)OC(=O)N1CCC[C@@]12CCN([C@@H](CC1CC1)C(=O)N[C@H](C#N)C[C@@H]1CCCC1=O)C2=O. The van der Waals surface area contributed by atoms with Crippen molar-refractivity contribution in [3.05, 3.63) is 0 Å². The highest BCUT2D eigenvalue weighted by Gasteiger charge is 2.58. The van der Waals surface area contributed by atoms with Crippen LogP contribution in [0.2, 0.25) is 0 Å². The Labute approximate surface area is 207 Å². The van der Waals surface area contributed by atoms with Crippen LogP contribution in [-0.2, 0) is 19.1 Å². The molecule has 2 heterocycles. The largest absolute Gasteiger partial charge is 0.444 e. The number of ether oxygens (including phenoxy) is 1. The first-order valence-corrected chi connectivity index (χ1v) is 13.1. The lowest BCUT2D eigenvalue weighted by Crippen LogP contribution is -2.57. The molecule has 0 aromatic heterocycles. The Morgan fingerprint density at radius 1 is 1.14 bits per heavy atom. The van der Waals surface area contributed by atoms with Crippen LogP contribution in [0.15, 0.2) is 0 Å². The molecule has 4 rings (SSSR count). The monoisotopic (exact) mass is 486 g/mol. The second kappa shape index (κ2) is 9.79. The molecule has 9 heteroatoms. The molecule has 1 N–H and O–H groups in total. The number of Topliss-reactive ketones (excluding diaryl/α,β-unsaturated/α-hetero) is 1. The van der Waals surface area contributed by atoms with E-state index >= 15 is 0 Å². The summed E-state index contributed by atoms with van der Waals surface area (Å²) in [6.45, 7) is 6.26. The molecule has 1 spiro atoms. The van der Waals surface area contributed by atoms with Crippen LogP contribution in [0.1, 0.15) is 85.0 Å². The number of nitrogens with one attached hydrogen (secondary N) is 1. The van der Waals surface area contributed by atoms with Crippen LogP contribution < -0.4 is 5.32 Å². The average molecular weight is 487 g/mol. The zero-order valence-corrected chi connectivity index (χ0v) is 21.2. The molecule has 0 bridgehead atoms. The second-order valence-corrected chi connectivity index (χ2v) is 11.7. The summed E-state index contributed by atoms with van der Waals surface area (Å²) in [5.74, 6) is -0.159. The highest BCUT2D eigenvalue weighted by molar-refractivity contribution is 5.96. The summed E-state index contributed by atoms with van der Waals surface area (Å²) in [5.41, 5.74) is -1.63. The molecule has 2 saturated carbocycles. The lowest BCUT2D eigenvalue weighted by molar-refractivity contribution is -0.143. The third-order valence-corrected chi connectivity index (χ3v) is 7.88. The van der Waals surface area contributed by atoms with Gasteiger partial charge in [-0.05, 0) is 71.6 Å². The van der Waals surface area contributed by atoms with Gasteiger partial charge in [0.25, 0.3) is 0 Å². The topological polar surface area (TPSA) is 120 Å². The number of likely N-dealkylation sites (tertiary alicyclic amines) is 2. The molecular weight excluding hydrogens is 448 g/mol. The number of hydrogen-bond acceptors (Lipinski definition) is 6. The fraction of sp³-hybridized carbons (Fsp3) is 0.808. The van der Waals surface area contributed by atoms with E-state index in [4.69, 9.17) is 4.74 Å². The fourth-order valence-corrected chi connectivity index (χ4v) is 5.90. The van der Waals surface area contributed by atoms with Crippen molar-refractivity contribution in [3.63, 3.8) is 0 Å². The number of nitriles is 1. The molecule has 0 aromatic carbocycles. The first kappa shape index (κ1) is 25.5. The number of nitrogens with zero attached hydrogens (tertiary/aromatic N) is 3. The summed E-state index contributed by atoms with van der Waals surface area (Å²) in [6.07, 6.45) is 6.32. The number of amides is 3. The highest BCUT2D eigenvalue weighted by Crippen LogP contribution is 2.42. The molecule has 4 atom stereocenters. The minimum Gasteiger partial charge on any atom is -0.444 e. The summed E-state index contributed by atoms with van der Waals surface area (Å²) >= 11 is 0. The van der Waals surface area contributed by atoms with Gasteiger partial charge in [-0.25, -0.2) is 4.79 Å². The summed E-state index contributed by atoms with van der Waals surface area (Å²) in [7, 11) is 0. The molecule has 0 unspecified atom stereocenters. The minimum absolute atomic E-state index is 0.161. The van der Waals surface area contributed by atoms with Gasteiger partial charge >= 0.3 is 6.09 Å². The number of ketones is 1. The lowest BCUT2D eigenvalue weighted by atomic mass is 9.94. The quantitative estimate of drug-likeness (QED) is 0.591. The van der Waals surface area contributed by atoms with E-state index in [1.54, 1.807) is 30.6 Å². The van der Waals surface area contributed by atoms with E-state index in [9.17, 15) is 24.4 Å². The Bertz CT molecular complexity index is 918. The standard InChI is InChI=1S/C26H38N4O5/c1-25(2,3)35-24(34)30-12-5-10-26(30)11-13-29(23(26)33)20(14-17-8-9-17)22(32)28-19(16-27)15-18-6-4-7-21(18)31/h17-20H,4-15H2,1-3H3,(H,28,32)/t18-,19-,20-,26-/m0/s1. The maximum atomic E-state index is 13.8. The molecule has 192 valence electrons. The summed E-state index contributed by atoms with van der Waals surface area (Å²) in [5, 5.41) is 12.5. The predicted octanol–water partition coefficient (Wildman–Crippen LogP) is 2.92. The van der Waals surface area contributed by atoms with E-state index < -0.39 is 29.3 Å². The maximum absolute atomic E-state index is 13.8. The van der Waals surface area contributed by atoms with Gasteiger partial charge in [-0.2, -0.15) is 5.26 Å². The van der Waals surface area contributed by atoms with E-state index in [0.29, 0.717) is 57.5 Å². The number of hydrogen-bond donors (Lipinski definition) is 1. The van der Waals surface area contributed by atoms with E-state index in [1.165, 1.54) is 0 Å². The third kappa shape index (κ3) is 5.46. The number of carbonyl (C=O) groups excluding carboxylic acids is 4. The Morgan fingerprint density at radius 3 is 2.49 bits per heavy atom. The van der Waals surface area contributed by atoms with Crippen LogP contribution in [0.4, 0.5) is 4.79 Å². The van der Waals surface area contributed by atoms with Gasteiger partial charge in [0.05, 0.1) is 6.07 Å². The molecule has 35 heavy (non-hydrogen) atoms. The summed E-state index contributed by atoms with van der Waals surface area (Å²) in [4.78, 5) is 55.4. The van der Waals surface area contributed by atoms with Crippen molar-refractivity contribution < 1.29 is 23.9 Å². The molecule has 4 fully saturated rings. The van der Waals surface area contributed by atoms with Gasteiger partial charge in [-0.3, -0.25) is 19.3 Å². The van der Waals surface area contributed by atoms with Gasteiger partial charge in [0, 0.05) is 25.4 Å². The van der Waals surface area contributed by atoms with Crippen molar-refractivity contribution in [1.29, 1.82) is 5.26 Å². The van der Waals surface area contributed by atoms with E-state index in [-0.39, 0.29) is 23.5 Å². The van der Waals surface area contributed by atoms with E-state index in [2.05, 4.69) is 11.4 Å². The third-order valence-electron chi connectivity index (χ3n) is 7.88. The summed E-state index contributed by atoms with van der Waals surface area (Å²) in [6, 6.07) is 0.709. The van der Waals surface area contributed by atoms with Crippen molar-refractivity contribution in [1.82, 2.24) is 15.1 Å². The molecule has 2 aliphatic heterocycles. The summed E-state index contributed by atoms with van der Waals surface area (Å²) < 4.78 is 5.59. The van der Waals surface area contributed by atoms with Gasteiger partial charge in [0.2, 0.25) is 11.8 Å². The molecule has 2 aliphatic carbocycles. The Kier molecular flexibility index (Phi) is 7.12. The van der Waals surface area contributed by atoms with Gasteiger partial charge in [-0.1, -0.05) is 12.8 Å². The molecule has 0 radical (unpaired) electrons. The number of rotatable bonds is 7. The lowest BCUT2D eigenvalue weighted by Gasteiger charge is -2.36. The van der Waals surface area contributed by atoms with Crippen molar-refractivity contribution in [2.75, 3.05) is 13.1 Å². The molecular formula is C26H38N4O5.